The Morgan fingerprint density at radius 3 is 2.34 bits per heavy atom. The first-order chi connectivity index (χ1) is 15.5. The average Bonchev–Trinajstić information content (AvgIpc) is 3.23. The van der Waals surface area contributed by atoms with Crippen molar-refractivity contribution in [2.45, 2.75) is 32.7 Å². The van der Waals surface area contributed by atoms with Gasteiger partial charge in [0.05, 0.1) is 5.69 Å². The fraction of sp³-hybridized carbons (Fsp3) is 0.192. The molecule has 1 aliphatic rings. The van der Waals surface area contributed by atoms with Gasteiger partial charge in [0.1, 0.15) is 5.57 Å². The first-order valence-electron chi connectivity index (χ1n) is 10.7. The number of imide groups is 2. The highest BCUT2D eigenvalue weighted by Gasteiger charge is 2.37. The molecule has 0 spiro atoms. The van der Waals surface area contributed by atoms with Crippen molar-refractivity contribution in [1.82, 2.24) is 9.88 Å². The molecule has 1 aliphatic heterocycles. The second-order valence-electron chi connectivity index (χ2n) is 7.91. The van der Waals surface area contributed by atoms with Crippen LogP contribution in [0.2, 0.25) is 0 Å². The molecule has 6 nitrogen and oxygen atoms in total. The summed E-state index contributed by atoms with van der Waals surface area (Å²) < 4.78 is 1.95. The molecule has 4 rings (SSSR count). The largest absolute Gasteiger partial charge is 0.344 e. The predicted octanol–water partition coefficient (Wildman–Crippen LogP) is 4.72. The van der Waals surface area contributed by atoms with Crippen LogP contribution >= 0.6 is 0 Å². The number of aromatic nitrogens is 1. The second kappa shape index (κ2) is 9.06. The molecule has 0 unspecified atom stereocenters. The third-order valence-corrected chi connectivity index (χ3v) is 5.79. The number of nitrogens with zero attached hydrogens (tertiary/aromatic N) is 2. The van der Waals surface area contributed by atoms with Gasteiger partial charge in [0, 0.05) is 18.4 Å². The van der Waals surface area contributed by atoms with Gasteiger partial charge in [0.15, 0.2) is 0 Å². The molecule has 4 amide bonds. The lowest BCUT2D eigenvalue weighted by molar-refractivity contribution is -0.122. The topological polar surface area (TPSA) is 71.4 Å². The Bertz CT molecular complexity index is 1180. The van der Waals surface area contributed by atoms with Crippen LogP contribution < -0.4 is 10.2 Å². The number of benzene rings is 2. The second-order valence-corrected chi connectivity index (χ2v) is 7.91. The normalized spacial score (nSPS) is 16.4. The first-order valence-corrected chi connectivity index (χ1v) is 10.7. The van der Waals surface area contributed by atoms with E-state index in [9.17, 15) is 14.4 Å². The number of anilines is 1. The van der Waals surface area contributed by atoms with Crippen LogP contribution in [0.15, 0.2) is 78.5 Å². The van der Waals surface area contributed by atoms with E-state index in [2.05, 4.69) is 19.2 Å². The summed E-state index contributed by atoms with van der Waals surface area (Å²) >= 11 is 0. The van der Waals surface area contributed by atoms with Crippen molar-refractivity contribution in [3.05, 3.63) is 95.3 Å². The van der Waals surface area contributed by atoms with Gasteiger partial charge in [-0.1, -0.05) is 56.3 Å². The number of amides is 4. The number of carbonyl (C=O) groups excluding carboxylic acids is 3. The highest BCUT2D eigenvalue weighted by molar-refractivity contribution is 6.39. The van der Waals surface area contributed by atoms with E-state index in [1.165, 1.54) is 6.08 Å². The van der Waals surface area contributed by atoms with Crippen LogP contribution in [0, 0.1) is 0 Å². The van der Waals surface area contributed by atoms with Gasteiger partial charge in [0.25, 0.3) is 11.8 Å². The van der Waals surface area contributed by atoms with Crippen molar-refractivity contribution in [1.29, 1.82) is 0 Å². The summed E-state index contributed by atoms with van der Waals surface area (Å²) in [6.07, 6.45) is 4.42. The molecular formula is C26H25N3O3. The Labute approximate surface area is 187 Å². The molecule has 1 aromatic heterocycles. The highest BCUT2D eigenvalue weighted by atomic mass is 16.2. The zero-order valence-electron chi connectivity index (χ0n) is 18.1. The average molecular weight is 428 g/mol. The molecule has 3 aromatic rings. The quantitative estimate of drug-likeness (QED) is 0.457. The number of carbonyl (C=O) groups is 3. The van der Waals surface area contributed by atoms with E-state index < -0.39 is 17.8 Å². The van der Waals surface area contributed by atoms with Crippen LogP contribution in [0.1, 0.15) is 43.0 Å². The van der Waals surface area contributed by atoms with Gasteiger partial charge in [-0.25, -0.2) is 9.69 Å². The molecule has 1 saturated heterocycles. The number of hydrogen-bond acceptors (Lipinski definition) is 3. The first kappa shape index (κ1) is 21.3. The predicted molar refractivity (Wildman–Crippen MR) is 124 cm³/mol. The monoisotopic (exact) mass is 427 g/mol. The minimum Gasteiger partial charge on any atom is -0.344 e. The van der Waals surface area contributed by atoms with E-state index in [1.807, 2.05) is 65.4 Å². The van der Waals surface area contributed by atoms with Crippen LogP contribution in [0.5, 0.6) is 0 Å². The van der Waals surface area contributed by atoms with Gasteiger partial charge in [-0.3, -0.25) is 14.9 Å². The van der Waals surface area contributed by atoms with Crippen molar-refractivity contribution >= 4 is 29.6 Å². The van der Waals surface area contributed by atoms with Crippen molar-refractivity contribution in [2.75, 3.05) is 4.90 Å². The summed E-state index contributed by atoms with van der Waals surface area (Å²) in [5.41, 5.74) is 3.28. The molecule has 0 bridgehead atoms. The van der Waals surface area contributed by atoms with Crippen LogP contribution in [0.3, 0.4) is 0 Å². The van der Waals surface area contributed by atoms with Crippen LogP contribution in [-0.2, 0) is 16.1 Å². The van der Waals surface area contributed by atoms with Crippen molar-refractivity contribution in [3.63, 3.8) is 0 Å². The fourth-order valence-electron chi connectivity index (χ4n) is 3.71. The van der Waals surface area contributed by atoms with Crippen LogP contribution in [0.25, 0.3) is 6.08 Å². The van der Waals surface area contributed by atoms with E-state index in [1.54, 1.807) is 12.1 Å². The van der Waals surface area contributed by atoms with Crippen LogP contribution in [0.4, 0.5) is 10.5 Å². The Balaban J connectivity index is 1.63. The maximum absolute atomic E-state index is 13.2. The van der Waals surface area contributed by atoms with Crippen molar-refractivity contribution < 1.29 is 14.4 Å². The molecule has 1 fully saturated rings. The number of nitrogens with one attached hydrogen (secondary N) is 1. The van der Waals surface area contributed by atoms with Gasteiger partial charge in [-0.2, -0.15) is 0 Å². The summed E-state index contributed by atoms with van der Waals surface area (Å²) in [5.74, 6) is -0.952. The zero-order chi connectivity index (χ0) is 22.7. The molecule has 1 N–H and O–H groups in total. The van der Waals surface area contributed by atoms with Gasteiger partial charge < -0.3 is 4.57 Å². The summed E-state index contributed by atoms with van der Waals surface area (Å²) in [6.45, 7) is 4.83. The Morgan fingerprint density at radius 1 is 0.938 bits per heavy atom. The van der Waals surface area contributed by atoms with Crippen molar-refractivity contribution in [3.8, 4) is 0 Å². The minimum absolute atomic E-state index is 0.0800. The minimum atomic E-state index is -0.742. The van der Waals surface area contributed by atoms with E-state index in [4.69, 9.17) is 0 Å². The van der Waals surface area contributed by atoms with Gasteiger partial charge in [-0.05, 0) is 53.8 Å². The lowest BCUT2D eigenvalue weighted by Crippen LogP contribution is -2.54. The molecule has 1 atom stereocenters. The fourth-order valence-corrected chi connectivity index (χ4v) is 3.71. The zero-order valence-corrected chi connectivity index (χ0v) is 18.1. The molecule has 0 aliphatic carbocycles. The maximum Gasteiger partial charge on any atom is 0.335 e. The number of rotatable bonds is 6. The molecule has 32 heavy (non-hydrogen) atoms. The molecule has 2 heterocycles. The SMILES string of the molecule is CC[C@@H](C)c1ccc(N2C(=O)NC(=O)/C(=C/c3cccn3Cc3ccccc3)C2=O)cc1. The molecule has 2 aromatic carbocycles. The summed E-state index contributed by atoms with van der Waals surface area (Å²) in [7, 11) is 0. The molecule has 0 radical (unpaired) electrons. The Kier molecular flexibility index (Phi) is 6.03. The molecule has 6 heteroatoms. The van der Waals surface area contributed by atoms with E-state index in [0.29, 0.717) is 23.8 Å². The van der Waals surface area contributed by atoms with Gasteiger partial charge >= 0.3 is 6.03 Å². The van der Waals surface area contributed by atoms with E-state index in [-0.39, 0.29) is 5.57 Å². The van der Waals surface area contributed by atoms with E-state index in [0.717, 1.165) is 22.4 Å². The summed E-state index contributed by atoms with van der Waals surface area (Å²) in [5, 5.41) is 2.29. The number of barbiturate groups is 1. The maximum atomic E-state index is 13.2. The molecule has 0 saturated carbocycles. The lowest BCUT2D eigenvalue weighted by Gasteiger charge is -2.26. The van der Waals surface area contributed by atoms with E-state index >= 15 is 0 Å². The number of hydrogen-bond donors (Lipinski definition) is 1. The summed E-state index contributed by atoms with van der Waals surface area (Å²) in [6, 6.07) is 20.2. The van der Waals surface area contributed by atoms with Gasteiger partial charge in [0.2, 0.25) is 0 Å². The smallest absolute Gasteiger partial charge is 0.335 e. The summed E-state index contributed by atoms with van der Waals surface area (Å²) in [4.78, 5) is 39.2. The van der Waals surface area contributed by atoms with Crippen LogP contribution in [-0.4, -0.2) is 22.4 Å². The van der Waals surface area contributed by atoms with Crippen molar-refractivity contribution in [2.24, 2.45) is 0 Å². The van der Waals surface area contributed by atoms with Gasteiger partial charge in [-0.15, -0.1) is 0 Å². The third kappa shape index (κ3) is 4.25. The Morgan fingerprint density at radius 2 is 1.66 bits per heavy atom. The lowest BCUT2D eigenvalue weighted by atomic mass is 9.98. The molecular weight excluding hydrogens is 402 g/mol. The highest BCUT2D eigenvalue weighted by Crippen LogP contribution is 2.25. The number of urea groups is 1. The standard InChI is InChI=1S/C26H25N3O3/c1-3-18(2)20-11-13-21(14-12-20)29-25(31)23(24(30)27-26(29)32)16-22-10-7-15-28(22)17-19-8-5-4-6-9-19/h4-16,18H,3,17H2,1-2H3,(H,27,30,32)/b23-16-/t18-/m1/s1. The molecule has 162 valence electrons. The third-order valence-electron chi connectivity index (χ3n) is 5.79. The Hall–Kier alpha value is -3.93.